The quantitative estimate of drug-likeness (QED) is 0.275. The van der Waals surface area contributed by atoms with Crippen LogP contribution in [0.25, 0.3) is 0 Å². The molecule has 3 aromatic carbocycles. The van der Waals surface area contributed by atoms with E-state index < -0.39 is 17.8 Å². The Bertz CT molecular complexity index is 1490. The molecule has 1 saturated carbocycles. The van der Waals surface area contributed by atoms with Gasteiger partial charge in [0, 0.05) is 37.8 Å². The van der Waals surface area contributed by atoms with Crippen LogP contribution in [0.1, 0.15) is 66.7 Å². The number of hydrogen-bond acceptors (Lipinski definition) is 5. The zero-order valence-electron chi connectivity index (χ0n) is 24.1. The third-order valence-corrected chi connectivity index (χ3v) is 8.12. The van der Waals surface area contributed by atoms with Crippen molar-refractivity contribution in [1.29, 1.82) is 0 Å². The maximum atomic E-state index is 14.3. The van der Waals surface area contributed by atoms with E-state index in [0.29, 0.717) is 30.5 Å². The predicted molar refractivity (Wildman–Crippen MR) is 160 cm³/mol. The first kappa shape index (κ1) is 30.1. The lowest BCUT2D eigenvalue weighted by Gasteiger charge is -2.25. The summed E-state index contributed by atoms with van der Waals surface area (Å²) in [6.45, 7) is 0.270. The average molecular weight is 588 g/mol. The summed E-state index contributed by atoms with van der Waals surface area (Å²) in [5, 5.41) is 8.99. The largest absolute Gasteiger partial charge is 0.469 e. The lowest BCUT2D eigenvalue weighted by atomic mass is 9.83. The number of methoxy groups -OCH3 is 1. The van der Waals surface area contributed by atoms with E-state index in [0.717, 1.165) is 22.4 Å². The molecule has 7 nitrogen and oxygen atoms in total. The Kier molecular flexibility index (Phi) is 9.28. The summed E-state index contributed by atoms with van der Waals surface area (Å²) in [7, 11) is 1.33. The number of hydrazone groups is 1. The van der Waals surface area contributed by atoms with Crippen molar-refractivity contribution in [3.8, 4) is 0 Å². The topological polar surface area (TPSA) is 88.1 Å². The number of rotatable bonds is 10. The molecule has 0 radical (unpaired) electrons. The molecule has 43 heavy (non-hydrogen) atoms. The summed E-state index contributed by atoms with van der Waals surface area (Å²) in [5.74, 6) is -4.86. The molecule has 1 N–H and O–H groups in total. The minimum absolute atomic E-state index is 0.0667. The number of amides is 2. The Balaban J connectivity index is 1.33. The molecule has 2 amide bonds. The number of ether oxygens (including phenoxy) is 1. The van der Waals surface area contributed by atoms with Crippen molar-refractivity contribution in [2.24, 2.45) is 11.0 Å². The third-order valence-electron chi connectivity index (χ3n) is 8.12. The molecule has 0 bridgehead atoms. The minimum atomic E-state index is -2.81. The number of hydrogen-bond donors (Lipinski definition) is 1. The molecule has 2 aliphatic rings. The first-order chi connectivity index (χ1) is 20.7. The second-order valence-electron chi connectivity index (χ2n) is 11.2. The molecule has 5 rings (SSSR count). The van der Waals surface area contributed by atoms with Gasteiger partial charge in [-0.25, -0.2) is 13.8 Å². The van der Waals surface area contributed by atoms with Gasteiger partial charge in [-0.15, -0.1) is 0 Å². The second-order valence-corrected chi connectivity index (χ2v) is 11.2. The van der Waals surface area contributed by atoms with Gasteiger partial charge in [-0.2, -0.15) is 5.10 Å². The molecule has 9 heteroatoms. The van der Waals surface area contributed by atoms with Gasteiger partial charge >= 0.3 is 5.97 Å². The second kappa shape index (κ2) is 13.3. The van der Waals surface area contributed by atoms with E-state index in [2.05, 4.69) is 10.4 Å². The SMILES string of the molecule is COC(=O)CCc1cccc(NC(=O)C(c2ccc(CN3N=C(c4ccccc4)CCC3=O)cc2)C2CCC(F)(F)C2)c1. The summed E-state index contributed by atoms with van der Waals surface area (Å²) in [4.78, 5) is 37.8. The highest BCUT2D eigenvalue weighted by atomic mass is 19.3. The Morgan fingerprint density at radius 2 is 1.79 bits per heavy atom. The van der Waals surface area contributed by atoms with Gasteiger partial charge in [0.15, 0.2) is 0 Å². The molecule has 0 aromatic heterocycles. The Labute approximate surface area is 249 Å². The van der Waals surface area contributed by atoms with Crippen molar-refractivity contribution < 1.29 is 27.9 Å². The highest BCUT2D eigenvalue weighted by Crippen LogP contribution is 2.46. The van der Waals surface area contributed by atoms with Crippen molar-refractivity contribution in [3.63, 3.8) is 0 Å². The minimum Gasteiger partial charge on any atom is -0.469 e. The number of nitrogens with zero attached hydrogens (tertiary/aromatic N) is 2. The number of halogens is 2. The molecule has 1 heterocycles. The van der Waals surface area contributed by atoms with Crippen LogP contribution in [0.15, 0.2) is 84.0 Å². The first-order valence-corrected chi connectivity index (χ1v) is 14.6. The zero-order valence-corrected chi connectivity index (χ0v) is 24.1. The summed E-state index contributed by atoms with van der Waals surface area (Å²) < 4.78 is 33.3. The Hall–Kier alpha value is -4.40. The van der Waals surface area contributed by atoms with Crippen LogP contribution in [0.3, 0.4) is 0 Å². The van der Waals surface area contributed by atoms with Gasteiger partial charge in [0.25, 0.3) is 0 Å². The molecule has 0 saturated heterocycles. The van der Waals surface area contributed by atoms with E-state index in [1.54, 1.807) is 30.3 Å². The molecule has 0 spiro atoms. The van der Waals surface area contributed by atoms with E-state index in [-0.39, 0.29) is 50.0 Å². The summed E-state index contributed by atoms with van der Waals surface area (Å²) in [6, 6.07) is 24.1. The monoisotopic (exact) mass is 587 g/mol. The van der Waals surface area contributed by atoms with E-state index in [1.165, 1.54) is 12.1 Å². The number of nitrogens with one attached hydrogen (secondary N) is 1. The smallest absolute Gasteiger partial charge is 0.305 e. The van der Waals surface area contributed by atoms with Crippen LogP contribution in [0.4, 0.5) is 14.5 Å². The van der Waals surface area contributed by atoms with Gasteiger partial charge < -0.3 is 10.1 Å². The molecular weight excluding hydrogens is 552 g/mol. The molecular formula is C34H35F2N3O4. The highest BCUT2D eigenvalue weighted by molar-refractivity contribution is 6.04. The summed E-state index contributed by atoms with van der Waals surface area (Å²) in [6.07, 6.45) is 1.25. The van der Waals surface area contributed by atoms with Crippen LogP contribution in [0, 0.1) is 5.92 Å². The lowest BCUT2D eigenvalue weighted by molar-refractivity contribution is -0.140. The molecule has 3 aromatic rings. The van der Waals surface area contributed by atoms with Gasteiger partial charge in [-0.05, 0) is 53.1 Å². The van der Waals surface area contributed by atoms with E-state index >= 15 is 0 Å². The fourth-order valence-corrected chi connectivity index (χ4v) is 5.84. The molecule has 1 aliphatic carbocycles. The maximum Gasteiger partial charge on any atom is 0.305 e. The summed E-state index contributed by atoms with van der Waals surface area (Å²) in [5.41, 5.74) is 4.68. The van der Waals surface area contributed by atoms with Crippen LogP contribution in [-0.2, 0) is 32.1 Å². The Morgan fingerprint density at radius 1 is 1.02 bits per heavy atom. The summed E-state index contributed by atoms with van der Waals surface area (Å²) >= 11 is 0. The molecule has 1 fully saturated rings. The number of anilines is 1. The number of esters is 1. The van der Waals surface area contributed by atoms with E-state index in [1.807, 2.05) is 48.5 Å². The van der Waals surface area contributed by atoms with Gasteiger partial charge in [-0.3, -0.25) is 14.4 Å². The van der Waals surface area contributed by atoms with Crippen LogP contribution in [-0.4, -0.2) is 41.5 Å². The van der Waals surface area contributed by atoms with Crippen molar-refractivity contribution >= 4 is 29.2 Å². The normalized spacial score (nSPS) is 18.6. The molecule has 2 unspecified atom stereocenters. The number of alkyl halides is 2. The van der Waals surface area contributed by atoms with Crippen molar-refractivity contribution in [1.82, 2.24) is 5.01 Å². The van der Waals surface area contributed by atoms with Gasteiger partial charge in [0.2, 0.25) is 17.7 Å². The number of benzene rings is 3. The van der Waals surface area contributed by atoms with Crippen LogP contribution >= 0.6 is 0 Å². The fourth-order valence-electron chi connectivity index (χ4n) is 5.84. The van der Waals surface area contributed by atoms with Crippen LogP contribution < -0.4 is 5.32 Å². The first-order valence-electron chi connectivity index (χ1n) is 14.6. The van der Waals surface area contributed by atoms with Crippen LogP contribution in [0.2, 0.25) is 0 Å². The standard InChI is InChI=1S/C34H35F2N3O4/c1-43-31(41)17-12-23-6-5-9-28(20-23)37-33(42)32(27-18-19-34(35,36)21-27)26-13-10-24(11-14-26)22-39-30(40)16-15-29(38-39)25-7-3-2-4-8-25/h2-11,13-14,20,27,32H,12,15-19,21-22H2,1H3,(H,37,42). The van der Waals surface area contributed by atoms with Crippen molar-refractivity contribution in [2.75, 3.05) is 12.4 Å². The van der Waals surface area contributed by atoms with Gasteiger partial charge in [-0.1, -0.05) is 66.7 Å². The van der Waals surface area contributed by atoms with Gasteiger partial charge in [0.1, 0.15) is 0 Å². The predicted octanol–water partition coefficient (Wildman–Crippen LogP) is 6.48. The number of carbonyl (C=O) groups excluding carboxylic acids is 3. The Morgan fingerprint density at radius 3 is 2.49 bits per heavy atom. The number of carbonyl (C=O) groups is 3. The molecule has 224 valence electrons. The maximum absolute atomic E-state index is 14.3. The average Bonchev–Trinajstić information content (AvgIpc) is 3.37. The number of aryl methyl sites for hydroxylation is 1. The van der Waals surface area contributed by atoms with Crippen molar-refractivity contribution in [2.45, 2.75) is 63.3 Å². The van der Waals surface area contributed by atoms with Gasteiger partial charge in [0.05, 0.1) is 25.3 Å². The van der Waals surface area contributed by atoms with Crippen LogP contribution in [0.5, 0.6) is 0 Å². The van der Waals surface area contributed by atoms with Crippen molar-refractivity contribution in [3.05, 3.63) is 101 Å². The lowest BCUT2D eigenvalue weighted by Crippen LogP contribution is -2.31. The van der Waals surface area contributed by atoms with E-state index in [4.69, 9.17) is 4.74 Å². The zero-order chi connectivity index (χ0) is 30.4. The third kappa shape index (κ3) is 7.71. The molecule has 1 aliphatic heterocycles. The highest BCUT2D eigenvalue weighted by Gasteiger charge is 2.45. The molecule has 2 atom stereocenters. The fraction of sp³-hybridized carbons (Fsp3) is 0.353. The van der Waals surface area contributed by atoms with E-state index in [9.17, 15) is 23.2 Å².